The number of likely N-dealkylation sites (N-methyl/N-ethyl adjacent to an activating group) is 1. The fourth-order valence-corrected chi connectivity index (χ4v) is 0.809. The van der Waals surface area contributed by atoms with Crippen LogP contribution in [0.2, 0.25) is 0 Å². The zero-order valence-electron chi connectivity index (χ0n) is 6.95. The average molecular weight is 161 g/mol. The number of hydrogen-bond acceptors (Lipinski definition) is 3. The number of rotatable bonds is 4. The SMILES string of the molecule is CCN(CCO)C(=O)C(C)O. The Morgan fingerprint density at radius 2 is 2.18 bits per heavy atom. The first-order valence-electron chi connectivity index (χ1n) is 3.71. The van der Waals surface area contributed by atoms with Gasteiger partial charge in [0.1, 0.15) is 6.10 Å². The first-order valence-corrected chi connectivity index (χ1v) is 3.71. The molecule has 1 atom stereocenters. The molecule has 0 saturated carbocycles. The van der Waals surface area contributed by atoms with Gasteiger partial charge in [0.15, 0.2) is 0 Å². The maximum absolute atomic E-state index is 11.0. The summed E-state index contributed by atoms with van der Waals surface area (Å²) in [4.78, 5) is 12.4. The number of carbonyl (C=O) groups is 1. The minimum absolute atomic E-state index is 0.0632. The minimum atomic E-state index is -0.971. The number of carbonyl (C=O) groups excluding carboxylic acids is 1. The highest BCUT2D eigenvalue weighted by molar-refractivity contribution is 5.80. The lowest BCUT2D eigenvalue weighted by molar-refractivity contribution is -0.139. The van der Waals surface area contributed by atoms with E-state index < -0.39 is 6.10 Å². The number of amides is 1. The number of aliphatic hydroxyl groups is 2. The van der Waals surface area contributed by atoms with E-state index in [1.54, 1.807) is 6.92 Å². The monoisotopic (exact) mass is 161 g/mol. The molecule has 0 spiro atoms. The fourth-order valence-electron chi connectivity index (χ4n) is 0.809. The third kappa shape index (κ3) is 3.34. The van der Waals surface area contributed by atoms with Crippen molar-refractivity contribution in [3.63, 3.8) is 0 Å². The molecular weight excluding hydrogens is 146 g/mol. The summed E-state index contributed by atoms with van der Waals surface area (Å²) in [7, 11) is 0. The van der Waals surface area contributed by atoms with Crippen molar-refractivity contribution >= 4 is 5.91 Å². The molecule has 0 fully saturated rings. The van der Waals surface area contributed by atoms with Gasteiger partial charge in [-0.1, -0.05) is 0 Å². The van der Waals surface area contributed by atoms with E-state index in [2.05, 4.69) is 0 Å². The first kappa shape index (κ1) is 10.4. The average Bonchev–Trinajstić information content (AvgIpc) is 1.98. The van der Waals surface area contributed by atoms with Crippen LogP contribution in [0, 0.1) is 0 Å². The van der Waals surface area contributed by atoms with Crippen molar-refractivity contribution in [1.82, 2.24) is 4.90 Å². The van der Waals surface area contributed by atoms with Crippen LogP contribution in [0.4, 0.5) is 0 Å². The van der Waals surface area contributed by atoms with Gasteiger partial charge in [-0.2, -0.15) is 0 Å². The summed E-state index contributed by atoms with van der Waals surface area (Å²) in [6.07, 6.45) is -0.971. The van der Waals surface area contributed by atoms with Gasteiger partial charge in [0, 0.05) is 13.1 Å². The second-order valence-electron chi connectivity index (χ2n) is 2.32. The number of nitrogens with zero attached hydrogens (tertiary/aromatic N) is 1. The second-order valence-corrected chi connectivity index (χ2v) is 2.32. The van der Waals surface area contributed by atoms with E-state index in [-0.39, 0.29) is 12.5 Å². The van der Waals surface area contributed by atoms with E-state index in [1.165, 1.54) is 11.8 Å². The van der Waals surface area contributed by atoms with Crippen LogP contribution in [-0.4, -0.2) is 46.8 Å². The zero-order chi connectivity index (χ0) is 8.85. The third-order valence-electron chi connectivity index (χ3n) is 1.42. The van der Waals surface area contributed by atoms with Gasteiger partial charge in [0.2, 0.25) is 0 Å². The van der Waals surface area contributed by atoms with Crippen molar-refractivity contribution in [2.75, 3.05) is 19.7 Å². The quantitative estimate of drug-likeness (QED) is 0.568. The van der Waals surface area contributed by atoms with Gasteiger partial charge in [-0.25, -0.2) is 0 Å². The summed E-state index contributed by atoms with van der Waals surface area (Å²) in [5, 5.41) is 17.4. The van der Waals surface area contributed by atoms with Crippen molar-refractivity contribution in [3.05, 3.63) is 0 Å². The number of hydrogen-bond donors (Lipinski definition) is 2. The van der Waals surface area contributed by atoms with Crippen molar-refractivity contribution in [2.24, 2.45) is 0 Å². The van der Waals surface area contributed by atoms with Gasteiger partial charge in [0.05, 0.1) is 6.61 Å². The molecule has 0 aromatic heterocycles. The van der Waals surface area contributed by atoms with E-state index in [0.717, 1.165) is 0 Å². The smallest absolute Gasteiger partial charge is 0.251 e. The molecule has 0 aliphatic rings. The summed E-state index contributed by atoms with van der Waals surface area (Å²) >= 11 is 0. The molecule has 66 valence electrons. The zero-order valence-corrected chi connectivity index (χ0v) is 6.95. The lowest BCUT2D eigenvalue weighted by atomic mass is 10.3. The van der Waals surface area contributed by atoms with Crippen LogP contribution in [0.5, 0.6) is 0 Å². The summed E-state index contributed by atoms with van der Waals surface area (Å²) in [5.74, 6) is -0.332. The maximum atomic E-state index is 11.0. The molecule has 1 unspecified atom stereocenters. The lowest BCUT2D eigenvalue weighted by Crippen LogP contribution is -2.39. The van der Waals surface area contributed by atoms with Crippen molar-refractivity contribution in [2.45, 2.75) is 20.0 Å². The van der Waals surface area contributed by atoms with E-state index in [0.29, 0.717) is 13.1 Å². The molecular formula is C7H15NO3. The molecule has 4 nitrogen and oxygen atoms in total. The van der Waals surface area contributed by atoms with E-state index in [4.69, 9.17) is 10.2 Å². The van der Waals surface area contributed by atoms with Crippen LogP contribution in [0.25, 0.3) is 0 Å². The van der Waals surface area contributed by atoms with Gasteiger partial charge in [-0.3, -0.25) is 4.79 Å². The van der Waals surface area contributed by atoms with Crippen LogP contribution in [0.15, 0.2) is 0 Å². The molecule has 0 aliphatic heterocycles. The van der Waals surface area contributed by atoms with Gasteiger partial charge < -0.3 is 15.1 Å². The highest BCUT2D eigenvalue weighted by Crippen LogP contribution is 1.93. The minimum Gasteiger partial charge on any atom is -0.395 e. The van der Waals surface area contributed by atoms with E-state index in [1.807, 2.05) is 0 Å². The molecule has 0 aliphatic carbocycles. The summed E-state index contributed by atoms with van der Waals surface area (Å²) in [6, 6.07) is 0. The highest BCUT2D eigenvalue weighted by atomic mass is 16.3. The molecule has 0 bridgehead atoms. The Morgan fingerprint density at radius 3 is 2.45 bits per heavy atom. The van der Waals surface area contributed by atoms with Gasteiger partial charge in [-0.15, -0.1) is 0 Å². The Bertz CT molecular complexity index is 125. The van der Waals surface area contributed by atoms with Crippen molar-refractivity contribution < 1.29 is 15.0 Å². The molecule has 1 amide bonds. The van der Waals surface area contributed by atoms with Crippen molar-refractivity contribution in [3.8, 4) is 0 Å². The normalized spacial score (nSPS) is 12.7. The molecule has 0 aromatic rings. The summed E-state index contributed by atoms with van der Waals surface area (Å²) < 4.78 is 0. The molecule has 0 radical (unpaired) electrons. The standard InChI is InChI=1S/C7H15NO3/c1-3-8(4-5-9)7(11)6(2)10/h6,9-10H,3-5H2,1-2H3. The van der Waals surface area contributed by atoms with Crippen LogP contribution in [0.3, 0.4) is 0 Å². The Balaban J connectivity index is 3.92. The van der Waals surface area contributed by atoms with Crippen LogP contribution >= 0.6 is 0 Å². The van der Waals surface area contributed by atoms with E-state index in [9.17, 15) is 4.79 Å². The van der Waals surface area contributed by atoms with Gasteiger partial charge in [0.25, 0.3) is 5.91 Å². The molecule has 11 heavy (non-hydrogen) atoms. The Hall–Kier alpha value is -0.610. The molecule has 2 N–H and O–H groups in total. The highest BCUT2D eigenvalue weighted by Gasteiger charge is 2.15. The predicted octanol–water partition coefficient (Wildman–Crippen LogP) is -0.792. The van der Waals surface area contributed by atoms with Crippen LogP contribution < -0.4 is 0 Å². The molecule has 0 heterocycles. The van der Waals surface area contributed by atoms with Gasteiger partial charge in [-0.05, 0) is 13.8 Å². The Labute approximate surface area is 66.4 Å². The Kier molecular flexibility index (Phi) is 4.81. The largest absolute Gasteiger partial charge is 0.395 e. The van der Waals surface area contributed by atoms with Crippen molar-refractivity contribution in [1.29, 1.82) is 0 Å². The number of aliphatic hydroxyl groups excluding tert-OH is 2. The molecule has 0 aromatic carbocycles. The molecule has 0 rings (SSSR count). The fraction of sp³-hybridized carbons (Fsp3) is 0.857. The summed E-state index contributed by atoms with van der Waals surface area (Å²) in [5.41, 5.74) is 0. The first-order chi connectivity index (χ1) is 5.13. The molecule has 0 saturated heterocycles. The van der Waals surface area contributed by atoms with Crippen LogP contribution in [-0.2, 0) is 4.79 Å². The topological polar surface area (TPSA) is 60.8 Å². The van der Waals surface area contributed by atoms with Crippen LogP contribution in [0.1, 0.15) is 13.8 Å². The second kappa shape index (κ2) is 5.09. The summed E-state index contributed by atoms with van der Waals surface area (Å²) in [6.45, 7) is 3.97. The Morgan fingerprint density at radius 1 is 1.64 bits per heavy atom. The van der Waals surface area contributed by atoms with E-state index >= 15 is 0 Å². The molecule has 4 heteroatoms. The van der Waals surface area contributed by atoms with Gasteiger partial charge >= 0.3 is 0 Å². The maximum Gasteiger partial charge on any atom is 0.251 e. The lowest BCUT2D eigenvalue weighted by Gasteiger charge is -2.20. The third-order valence-corrected chi connectivity index (χ3v) is 1.42. The predicted molar refractivity (Wildman–Crippen MR) is 41.0 cm³/mol.